The zero-order valence-electron chi connectivity index (χ0n) is 11.3. The molecule has 0 aromatic carbocycles. The average molecular weight is 266 g/mol. The van der Waals surface area contributed by atoms with Gasteiger partial charge in [0, 0.05) is 24.7 Å². The number of carbonyl (C=O) groups is 2. The number of nitrogens with zero attached hydrogens (tertiary/aromatic N) is 1. The van der Waals surface area contributed by atoms with E-state index in [9.17, 15) is 9.59 Å². The third kappa shape index (κ3) is 2.24. The second-order valence-electron chi connectivity index (χ2n) is 6.33. The number of rotatable bonds is 2. The van der Waals surface area contributed by atoms with Gasteiger partial charge in [0.25, 0.3) is 0 Å². The fourth-order valence-electron chi connectivity index (χ4n) is 4.03. The van der Waals surface area contributed by atoms with Gasteiger partial charge in [-0.1, -0.05) is 0 Å². The summed E-state index contributed by atoms with van der Waals surface area (Å²) >= 11 is 0. The quantitative estimate of drug-likeness (QED) is 0.777. The Hall–Kier alpha value is -1.10. The van der Waals surface area contributed by atoms with Crippen LogP contribution in [0.15, 0.2) is 0 Å². The van der Waals surface area contributed by atoms with E-state index in [1.807, 2.05) is 11.8 Å². The van der Waals surface area contributed by atoms with Crippen molar-refractivity contribution < 1.29 is 14.7 Å². The molecule has 5 unspecified atom stereocenters. The van der Waals surface area contributed by atoms with Crippen LogP contribution >= 0.6 is 0 Å². The number of likely N-dealkylation sites (tertiary alicyclic amines) is 1. The van der Waals surface area contributed by atoms with Crippen LogP contribution in [0.1, 0.15) is 39.0 Å². The van der Waals surface area contributed by atoms with Crippen LogP contribution in [0, 0.1) is 11.8 Å². The molecule has 0 saturated carbocycles. The van der Waals surface area contributed by atoms with Gasteiger partial charge < -0.3 is 15.3 Å². The van der Waals surface area contributed by atoms with Crippen LogP contribution in [0.3, 0.4) is 0 Å². The molecule has 2 bridgehead atoms. The maximum atomic E-state index is 12.6. The van der Waals surface area contributed by atoms with Gasteiger partial charge in [0.1, 0.15) is 0 Å². The number of carboxylic acid groups (broad SMARTS) is 1. The van der Waals surface area contributed by atoms with E-state index in [4.69, 9.17) is 5.11 Å². The van der Waals surface area contributed by atoms with Crippen molar-refractivity contribution in [3.8, 4) is 0 Å². The van der Waals surface area contributed by atoms with Gasteiger partial charge in [0.15, 0.2) is 0 Å². The molecule has 3 rings (SSSR count). The molecule has 2 N–H and O–H groups in total. The number of hydrogen-bond acceptors (Lipinski definition) is 3. The Morgan fingerprint density at radius 1 is 1.21 bits per heavy atom. The molecular formula is C14H22N2O3. The maximum Gasteiger partial charge on any atom is 0.306 e. The largest absolute Gasteiger partial charge is 0.481 e. The summed E-state index contributed by atoms with van der Waals surface area (Å²) in [5, 5.41) is 12.6. The Labute approximate surface area is 113 Å². The van der Waals surface area contributed by atoms with Crippen molar-refractivity contribution in [2.45, 2.75) is 57.2 Å². The average Bonchev–Trinajstić information content (AvgIpc) is 3.00. The summed E-state index contributed by atoms with van der Waals surface area (Å²) < 4.78 is 0. The summed E-state index contributed by atoms with van der Waals surface area (Å²) in [4.78, 5) is 25.6. The van der Waals surface area contributed by atoms with Crippen molar-refractivity contribution in [3.63, 3.8) is 0 Å². The minimum absolute atomic E-state index is 0.0569. The molecule has 19 heavy (non-hydrogen) atoms. The van der Waals surface area contributed by atoms with E-state index >= 15 is 0 Å². The summed E-state index contributed by atoms with van der Waals surface area (Å²) in [5.41, 5.74) is 0. The molecule has 3 aliphatic rings. The molecule has 5 nitrogen and oxygen atoms in total. The first-order valence-electron chi connectivity index (χ1n) is 7.35. The highest BCUT2D eigenvalue weighted by molar-refractivity contribution is 5.81. The smallest absolute Gasteiger partial charge is 0.306 e. The highest BCUT2D eigenvalue weighted by atomic mass is 16.4. The fourth-order valence-corrected chi connectivity index (χ4v) is 4.03. The van der Waals surface area contributed by atoms with E-state index in [-0.39, 0.29) is 23.8 Å². The van der Waals surface area contributed by atoms with E-state index in [1.165, 1.54) is 6.42 Å². The first-order valence-corrected chi connectivity index (χ1v) is 7.35. The Morgan fingerprint density at radius 3 is 2.53 bits per heavy atom. The van der Waals surface area contributed by atoms with Crippen molar-refractivity contribution >= 4 is 11.9 Å². The zero-order valence-corrected chi connectivity index (χ0v) is 11.3. The van der Waals surface area contributed by atoms with Gasteiger partial charge >= 0.3 is 5.97 Å². The van der Waals surface area contributed by atoms with Crippen molar-refractivity contribution in [2.24, 2.45) is 11.8 Å². The lowest BCUT2D eigenvalue weighted by molar-refractivity contribution is -0.149. The van der Waals surface area contributed by atoms with E-state index < -0.39 is 5.97 Å². The van der Waals surface area contributed by atoms with Gasteiger partial charge in [-0.15, -0.1) is 0 Å². The van der Waals surface area contributed by atoms with E-state index in [2.05, 4.69) is 5.32 Å². The number of aliphatic carboxylic acids is 1. The summed E-state index contributed by atoms with van der Waals surface area (Å²) in [6.45, 7) is 2.58. The lowest BCUT2D eigenvalue weighted by Gasteiger charge is -2.38. The van der Waals surface area contributed by atoms with Crippen LogP contribution in [0.25, 0.3) is 0 Å². The van der Waals surface area contributed by atoms with Crippen molar-refractivity contribution in [3.05, 3.63) is 0 Å². The fraction of sp³-hybridized carbons (Fsp3) is 0.857. The molecule has 1 amide bonds. The minimum atomic E-state index is -0.722. The van der Waals surface area contributed by atoms with Crippen LogP contribution in [0.5, 0.6) is 0 Å². The summed E-state index contributed by atoms with van der Waals surface area (Å²) in [6, 6.07) is 0.953. The molecule has 3 fully saturated rings. The molecule has 5 heteroatoms. The number of piperidine rings is 1. The second kappa shape index (κ2) is 4.78. The molecule has 5 atom stereocenters. The van der Waals surface area contributed by atoms with Gasteiger partial charge in [-0.3, -0.25) is 9.59 Å². The van der Waals surface area contributed by atoms with Crippen molar-refractivity contribution in [2.75, 3.05) is 6.54 Å². The zero-order chi connectivity index (χ0) is 13.6. The molecule has 0 radical (unpaired) electrons. The van der Waals surface area contributed by atoms with Gasteiger partial charge in [0.05, 0.1) is 11.8 Å². The highest BCUT2D eigenvalue weighted by Crippen LogP contribution is 2.36. The van der Waals surface area contributed by atoms with Crippen LogP contribution in [0.2, 0.25) is 0 Å². The monoisotopic (exact) mass is 266 g/mol. The van der Waals surface area contributed by atoms with Crippen LogP contribution in [-0.4, -0.2) is 46.6 Å². The standard InChI is InChI=1S/C14H22N2O3/c1-8-6-9(14(18)19)4-5-16(8)13(17)11-7-10-2-3-12(11)15-10/h8-12,15H,2-7H2,1H3,(H,18,19). The number of hydrogen-bond donors (Lipinski definition) is 2. The second-order valence-corrected chi connectivity index (χ2v) is 6.33. The molecule has 0 aromatic rings. The number of carboxylic acids is 1. The van der Waals surface area contributed by atoms with Gasteiger partial charge in [-0.05, 0) is 39.0 Å². The lowest BCUT2D eigenvalue weighted by Crippen LogP contribution is -2.50. The summed E-state index contributed by atoms with van der Waals surface area (Å²) in [6.07, 6.45) is 4.47. The Balaban J connectivity index is 1.63. The number of nitrogens with one attached hydrogen (secondary N) is 1. The van der Waals surface area contributed by atoms with E-state index in [0.29, 0.717) is 31.5 Å². The maximum absolute atomic E-state index is 12.6. The number of carbonyl (C=O) groups excluding carboxylic acids is 1. The van der Waals surface area contributed by atoms with E-state index in [0.717, 1.165) is 12.8 Å². The predicted molar refractivity (Wildman–Crippen MR) is 69.6 cm³/mol. The van der Waals surface area contributed by atoms with Gasteiger partial charge in [0.2, 0.25) is 5.91 Å². The highest BCUT2D eigenvalue weighted by Gasteiger charge is 2.45. The molecule has 0 spiro atoms. The predicted octanol–water partition coefficient (Wildman–Crippen LogP) is 0.839. The Bertz CT molecular complexity index is 398. The van der Waals surface area contributed by atoms with Crippen molar-refractivity contribution in [1.29, 1.82) is 0 Å². The SMILES string of the molecule is CC1CC(C(=O)O)CCN1C(=O)C1CC2CCC1N2. The lowest BCUT2D eigenvalue weighted by atomic mass is 9.85. The van der Waals surface area contributed by atoms with Crippen molar-refractivity contribution in [1.82, 2.24) is 10.2 Å². The molecule has 3 saturated heterocycles. The van der Waals surface area contributed by atoms with Crippen LogP contribution in [0.4, 0.5) is 0 Å². The summed E-state index contributed by atoms with van der Waals surface area (Å²) in [5.74, 6) is -0.628. The molecular weight excluding hydrogens is 244 g/mol. The molecule has 0 aromatic heterocycles. The third-order valence-corrected chi connectivity index (χ3v) is 5.13. The minimum Gasteiger partial charge on any atom is -0.481 e. The molecule has 3 aliphatic heterocycles. The first-order chi connectivity index (χ1) is 9.06. The molecule has 106 valence electrons. The number of amides is 1. The van der Waals surface area contributed by atoms with Crippen LogP contribution < -0.4 is 5.32 Å². The first kappa shape index (κ1) is 12.9. The van der Waals surface area contributed by atoms with Gasteiger partial charge in [-0.2, -0.15) is 0 Å². The topological polar surface area (TPSA) is 69.6 Å². The molecule has 3 heterocycles. The molecule has 0 aliphatic carbocycles. The van der Waals surface area contributed by atoms with Gasteiger partial charge in [-0.25, -0.2) is 0 Å². The Morgan fingerprint density at radius 2 is 2.00 bits per heavy atom. The normalized spacial score (nSPS) is 41.5. The number of fused-ring (bicyclic) bond motifs is 2. The van der Waals surface area contributed by atoms with E-state index in [1.54, 1.807) is 0 Å². The Kier molecular flexibility index (Phi) is 3.25. The summed E-state index contributed by atoms with van der Waals surface area (Å²) in [7, 11) is 0. The van der Waals surface area contributed by atoms with Crippen LogP contribution in [-0.2, 0) is 9.59 Å². The third-order valence-electron chi connectivity index (χ3n) is 5.13.